The first-order valence-electron chi connectivity index (χ1n) is 8.98. The van der Waals surface area contributed by atoms with Crippen molar-refractivity contribution >= 4 is 34.8 Å². The van der Waals surface area contributed by atoms with Crippen LogP contribution in [-0.4, -0.2) is 23.9 Å². The molecule has 1 amide bonds. The van der Waals surface area contributed by atoms with Gasteiger partial charge >= 0.3 is 0 Å². The van der Waals surface area contributed by atoms with Gasteiger partial charge in [-0.3, -0.25) is 9.69 Å². The van der Waals surface area contributed by atoms with Crippen LogP contribution < -0.4 is 5.32 Å². The Morgan fingerprint density at radius 2 is 1.58 bits per heavy atom. The minimum atomic E-state index is 0.0481. The Kier molecular flexibility index (Phi) is 6.23. The fraction of sp³-hybridized carbons (Fsp3) is 0.381. The molecule has 1 aliphatic rings. The molecule has 0 saturated carbocycles. The molecule has 0 atom stereocenters. The number of carbonyl (C=O) groups excluding carboxylic acids is 1. The number of nitrogens with zero attached hydrogens (tertiary/aromatic N) is 1. The van der Waals surface area contributed by atoms with Crippen LogP contribution in [0, 0.1) is 19.8 Å². The van der Waals surface area contributed by atoms with E-state index in [1.165, 1.54) is 0 Å². The Balaban J connectivity index is 1.57. The van der Waals surface area contributed by atoms with Gasteiger partial charge in [0.1, 0.15) is 0 Å². The van der Waals surface area contributed by atoms with E-state index in [-0.39, 0.29) is 11.8 Å². The van der Waals surface area contributed by atoms with Crippen molar-refractivity contribution in [2.75, 3.05) is 18.4 Å². The lowest BCUT2D eigenvalue weighted by molar-refractivity contribution is -0.121. The number of likely N-dealkylation sites (tertiary alicyclic amines) is 1. The molecule has 1 heterocycles. The molecule has 0 spiro atoms. The van der Waals surface area contributed by atoms with Gasteiger partial charge in [0.25, 0.3) is 0 Å². The van der Waals surface area contributed by atoms with Crippen LogP contribution in [0.2, 0.25) is 10.0 Å². The molecule has 5 heteroatoms. The lowest BCUT2D eigenvalue weighted by Gasteiger charge is -2.32. The molecule has 3 rings (SSSR count). The molecule has 0 aliphatic carbocycles. The van der Waals surface area contributed by atoms with Gasteiger partial charge in [-0.1, -0.05) is 47.5 Å². The van der Waals surface area contributed by atoms with Gasteiger partial charge in [-0.15, -0.1) is 0 Å². The molecular weight excluding hydrogens is 367 g/mol. The van der Waals surface area contributed by atoms with Gasteiger partial charge in [-0.2, -0.15) is 0 Å². The maximum Gasteiger partial charge on any atom is 0.227 e. The molecule has 2 aromatic rings. The zero-order chi connectivity index (χ0) is 18.7. The normalized spacial score (nSPS) is 15.8. The van der Waals surface area contributed by atoms with E-state index in [0.29, 0.717) is 10.0 Å². The summed E-state index contributed by atoms with van der Waals surface area (Å²) in [7, 11) is 0. The number of benzene rings is 2. The lowest BCUT2D eigenvalue weighted by atomic mass is 9.95. The number of nitrogens with one attached hydrogen (secondary N) is 1. The standard InChI is InChI=1S/C21H24Cl2N2O/c1-14-5-3-6-15(2)20(14)24-21(26)16-9-11-25(12-10-16)13-17-18(22)7-4-8-19(17)23/h3-8,16H,9-13H2,1-2H3,(H,24,26). The summed E-state index contributed by atoms with van der Waals surface area (Å²) >= 11 is 12.5. The van der Waals surface area contributed by atoms with Crippen LogP contribution in [0.5, 0.6) is 0 Å². The van der Waals surface area contributed by atoms with Crippen molar-refractivity contribution in [3.8, 4) is 0 Å². The highest BCUT2D eigenvalue weighted by atomic mass is 35.5. The van der Waals surface area contributed by atoms with Gasteiger partial charge in [0.05, 0.1) is 0 Å². The summed E-state index contributed by atoms with van der Waals surface area (Å²) in [5.74, 6) is 0.171. The second-order valence-electron chi connectivity index (χ2n) is 7.01. The summed E-state index contributed by atoms with van der Waals surface area (Å²) in [6.45, 7) is 6.51. The van der Waals surface area contributed by atoms with Crippen LogP contribution in [0.4, 0.5) is 5.69 Å². The van der Waals surface area contributed by atoms with Crippen molar-refractivity contribution in [1.82, 2.24) is 4.90 Å². The number of piperidine rings is 1. The van der Waals surface area contributed by atoms with Gasteiger partial charge < -0.3 is 5.32 Å². The molecule has 0 bridgehead atoms. The summed E-state index contributed by atoms with van der Waals surface area (Å²) in [6.07, 6.45) is 1.69. The van der Waals surface area contributed by atoms with E-state index in [0.717, 1.165) is 54.9 Å². The second-order valence-corrected chi connectivity index (χ2v) is 7.82. The van der Waals surface area contributed by atoms with Crippen molar-refractivity contribution in [3.05, 3.63) is 63.1 Å². The Morgan fingerprint density at radius 3 is 2.15 bits per heavy atom. The van der Waals surface area contributed by atoms with E-state index >= 15 is 0 Å². The zero-order valence-electron chi connectivity index (χ0n) is 15.2. The third-order valence-electron chi connectivity index (χ3n) is 5.13. The molecule has 26 heavy (non-hydrogen) atoms. The van der Waals surface area contributed by atoms with Crippen molar-refractivity contribution in [2.24, 2.45) is 5.92 Å². The van der Waals surface area contributed by atoms with E-state index in [2.05, 4.69) is 10.2 Å². The minimum Gasteiger partial charge on any atom is -0.325 e. The van der Waals surface area contributed by atoms with E-state index < -0.39 is 0 Å². The number of rotatable bonds is 4. The topological polar surface area (TPSA) is 32.3 Å². The number of para-hydroxylation sites is 1. The molecule has 2 aromatic carbocycles. The highest BCUT2D eigenvalue weighted by molar-refractivity contribution is 6.35. The summed E-state index contributed by atoms with van der Waals surface area (Å²) in [5, 5.41) is 4.53. The fourth-order valence-electron chi connectivity index (χ4n) is 3.50. The van der Waals surface area contributed by atoms with Crippen LogP contribution in [0.3, 0.4) is 0 Å². The number of hydrogen-bond donors (Lipinski definition) is 1. The Bertz CT molecular complexity index is 758. The van der Waals surface area contributed by atoms with Crippen LogP contribution in [-0.2, 0) is 11.3 Å². The average molecular weight is 391 g/mol. The SMILES string of the molecule is Cc1cccc(C)c1NC(=O)C1CCN(Cc2c(Cl)cccc2Cl)CC1. The maximum atomic E-state index is 12.7. The van der Waals surface area contributed by atoms with E-state index in [4.69, 9.17) is 23.2 Å². The Labute approximate surface area is 165 Å². The first kappa shape index (κ1) is 19.2. The van der Waals surface area contributed by atoms with Crippen molar-refractivity contribution in [1.29, 1.82) is 0 Å². The molecule has 1 fully saturated rings. The van der Waals surface area contributed by atoms with E-state index in [1.54, 1.807) is 0 Å². The van der Waals surface area contributed by atoms with Crippen LogP contribution in [0.25, 0.3) is 0 Å². The van der Waals surface area contributed by atoms with Crippen molar-refractivity contribution in [3.63, 3.8) is 0 Å². The minimum absolute atomic E-state index is 0.0481. The summed E-state index contributed by atoms with van der Waals surface area (Å²) < 4.78 is 0. The molecule has 138 valence electrons. The van der Waals surface area contributed by atoms with Crippen molar-refractivity contribution < 1.29 is 4.79 Å². The van der Waals surface area contributed by atoms with Crippen LogP contribution >= 0.6 is 23.2 Å². The van der Waals surface area contributed by atoms with Gasteiger partial charge in [0.15, 0.2) is 0 Å². The molecule has 0 unspecified atom stereocenters. The molecule has 1 aliphatic heterocycles. The number of anilines is 1. The predicted molar refractivity (Wildman–Crippen MR) is 109 cm³/mol. The molecule has 3 nitrogen and oxygen atoms in total. The predicted octanol–water partition coefficient (Wildman–Crippen LogP) is 5.46. The molecule has 1 N–H and O–H groups in total. The van der Waals surface area contributed by atoms with Crippen molar-refractivity contribution in [2.45, 2.75) is 33.2 Å². The summed E-state index contributed by atoms with van der Waals surface area (Å²) in [6, 6.07) is 11.7. The number of amides is 1. The third-order valence-corrected chi connectivity index (χ3v) is 5.84. The number of aryl methyl sites for hydroxylation is 2. The van der Waals surface area contributed by atoms with Gasteiger partial charge in [0.2, 0.25) is 5.91 Å². The molecule has 0 aromatic heterocycles. The second kappa shape index (κ2) is 8.43. The Hall–Kier alpha value is -1.55. The van der Waals surface area contributed by atoms with Gasteiger partial charge in [0, 0.05) is 33.8 Å². The molecular formula is C21H24Cl2N2O. The fourth-order valence-corrected chi connectivity index (χ4v) is 4.01. The monoisotopic (exact) mass is 390 g/mol. The highest BCUT2D eigenvalue weighted by Gasteiger charge is 2.26. The lowest BCUT2D eigenvalue weighted by Crippen LogP contribution is -2.38. The van der Waals surface area contributed by atoms with Crippen LogP contribution in [0.15, 0.2) is 36.4 Å². The smallest absolute Gasteiger partial charge is 0.227 e. The molecule has 1 saturated heterocycles. The quantitative estimate of drug-likeness (QED) is 0.751. The van der Waals surface area contributed by atoms with Crippen LogP contribution in [0.1, 0.15) is 29.5 Å². The highest BCUT2D eigenvalue weighted by Crippen LogP contribution is 2.28. The first-order chi connectivity index (χ1) is 12.5. The number of halogens is 2. The van der Waals surface area contributed by atoms with Gasteiger partial charge in [-0.25, -0.2) is 0 Å². The molecule has 0 radical (unpaired) electrons. The van der Waals surface area contributed by atoms with E-state index in [9.17, 15) is 4.79 Å². The van der Waals surface area contributed by atoms with E-state index in [1.807, 2.05) is 50.2 Å². The summed E-state index contributed by atoms with van der Waals surface area (Å²) in [5.41, 5.74) is 4.12. The number of hydrogen-bond acceptors (Lipinski definition) is 2. The maximum absolute atomic E-state index is 12.7. The zero-order valence-corrected chi connectivity index (χ0v) is 16.7. The Morgan fingerprint density at radius 1 is 1.04 bits per heavy atom. The largest absolute Gasteiger partial charge is 0.325 e. The van der Waals surface area contributed by atoms with Gasteiger partial charge in [-0.05, 0) is 63.0 Å². The number of carbonyl (C=O) groups is 1. The summed E-state index contributed by atoms with van der Waals surface area (Å²) in [4.78, 5) is 15.0. The average Bonchev–Trinajstić information content (AvgIpc) is 2.62. The third kappa shape index (κ3) is 4.40. The first-order valence-corrected chi connectivity index (χ1v) is 9.73.